The minimum Gasteiger partial charge on any atom is -0.371 e. The molecule has 1 atom stereocenters. The predicted molar refractivity (Wildman–Crippen MR) is 108 cm³/mol. The van der Waals surface area contributed by atoms with Crippen LogP contribution in [0.25, 0.3) is 0 Å². The molecule has 0 bridgehead atoms. The van der Waals surface area contributed by atoms with Gasteiger partial charge in [-0.1, -0.05) is 18.2 Å². The number of likely N-dealkylation sites (tertiary alicyclic amines) is 1. The Hall–Kier alpha value is -2.24. The minimum atomic E-state index is -0.0937. The zero-order chi connectivity index (χ0) is 19.2. The van der Waals surface area contributed by atoms with E-state index in [1.54, 1.807) is 4.90 Å². The quantitative estimate of drug-likeness (QED) is 0.854. The van der Waals surface area contributed by atoms with Crippen molar-refractivity contribution in [3.63, 3.8) is 0 Å². The Bertz CT molecular complexity index is 626. The number of piperidine rings is 2. The van der Waals surface area contributed by atoms with Crippen LogP contribution >= 0.6 is 0 Å². The van der Waals surface area contributed by atoms with Gasteiger partial charge >= 0.3 is 6.03 Å². The molecule has 0 aromatic heterocycles. The lowest BCUT2D eigenvalue weighted by Crippen LogP contribution is -2.52. The van der Waals surface area contributed by atoms with E-state index in [1.165, 1.54) is 5.69 Å². The molecule has 0 unspecified atom stereocenters. The molecule has 3 rings (SSSR count). The lowest BCUT2D eigenvalue weighted by atomic mass is 9.96. The molecule has 2 aliphatic rings. The first kappa shape index (κ1) is 19.5. The standard InChI is InChI=1S/C21H32N4O2/c1-16(2)22-21(27)25-12-6-7-17(15-25)20(26)23-18-10-13-24(14-11-18)19-8-4-3-5-9-19/h3-5,8-9,16-18H,6-7,10-15H2,1-2H3,(H,22,27)(H,23,26)/t17-/m1/s1. The number of nitrogens with one attached hydrogen (secondary N) is 2. The summed E-state index contributed by atoms with van der Waals surface area (Å²) in [4.78, 5) is 29.1. The Morgan fingerprint density at radius 2 is 1.74 bits per heavy atom. The number of hydrogen-bond donors (Lipinski definition) is 2. The Balaban J connectivity index is 1.46. The number of para-hydroxylation sites is 1. The van der Waals surface area contributed by atoms with Crippen molar-refractivity contribution in [1.82, 2.24) is 15.5 Å². The van der Waals surface area contributed by atoms with Gasteiger partial charge in [-0.15, -0.1) is 0 Å². The lowest BCUT2D eigenvalue weighted by molar-refractivity contribution is -0.127. The molecule has 6 heteroatoms. The zero-order valence-corrected chi connectivity index (χ0v) is 16.5. The molecule has 148 valence electrons. The van der Waals surface area contributed by atoms with Crippen LogP contribution in [0.5, 0.6) is 0 Å². The van der Waals surface area contributed by atoms with Crippen LogP contribution in [-0.2, 0) is 4.79 Å². The molecule has 1 aromatic rings. The Kier molecular flexibility index (Phi) is 6.58. The van der Waals surface area contributed by atoms with Crippen LogP contribution in [0.4, 0.5) is 10.5 Å². The van der Waals surface area contributed by atoms with Gasteiger partial charge in [0.1, 0.15) is 0 Å². The summed E-state index contributed by atoms with van der Waals surface area (Å²) in [6, 6.07) is 10.7. The number of amides is 3. The molecule has 1 aromatic carbocycles. The van der Waals surface area contributed by atoms with Gasteiger partial charge in [-0.2, -0.15) is 0 Å². The van der Waals surface area contributed by atoms with E-state index >= 15 is 0 Å². The fourth-order valence-corrected chi connectivity index (χ4v) is 3.95. The maximum Gasteiger partial charge on any atom is 0.317 e. The van der Waals surface area contributed by atoms with Crippen LogP contribution in [0.1, 0.15) is 39.5 Å². The SMILES string of the molecule is CC(C)NC(=O)N1CCC[C@@H](C(=O)NC2CCN(c3ccccc3)CC2)C1. The van der Waals surface area contributed by atoms with E-state index in [1.807, 2.05) is 19.9 Å². The molecule has 27 heavy (non-hydrogen) atoms. The van der Waals surface area contributed by atoms with Crippen molar-refractivity contribution in [2.45, 2.75) is 51.6 Å². The fraction of sp³-hybridized carbons (Fsp3) is 0.619. The molecular weight excluding hydrogens is 340 g/mol. The molecular formula is C21H32N4O2. The van der Waals surface area contributed by atoms with Crippen molar-refractivity contribution in [3.05, 3.63) is 30.3 Å². The summed E-state index contributed by atoms with van der Waals surface area (Å²) in [7, 11) is 0. The predicted octanol–water partition coefficient (Wildman–Crippen LogP) is 2.60. The van der Waals surface area contributed by atoms with Gasteiger partial charge in [0.25, 0.3) is 0 Å². The molecule has 2 heterocycles. The minimum absolute atomic E-state index is 0.0568. The third-order valence-corrected chi connectivity index (χ3v) is 5.45. The van der Waals surface area contributed by atoms with Gasteiger partial charge in [-0.25, -0.2) is 4.79 Å². The lowest BCUT2D eigenvalue weighted by Gasteiger charge is -2.36. The van der Waals surface area contributed by atoms with Crippen LogP contribution in [0, 0.1) is 5.92 Å². The number of anilines is 1. The largest absolute Gasteiger partial charge is 0.371 e. The molecule has 2 fully saturated rings. The van der Waals surface area contributed by atoms with Crippen molar-refractivity contribution in [2.75, 3.05) is 31.1 Å². The molecule has 0 spiro atoms. The molecule has 3 amide bonds. The first-order valence-electron chi connectivity index (χ1n) is 10.2. The molecule has 2 saturated heterocycles. The van der Waals surface area contributed by atoms with E-state index in [-0.39, 0.29) is 29.9 Å². The molecule has 0 saturated carbocycles. The fourth-order valence-electron chi connectivity index (χ4n) is 3.95. The summed E-state index contributed by atoms with van der Waals surface area (Å²) in [5.74, 6) is 0.0130. The molecule has 0 aliphatic carbocycles. The van der Waals surface area contributed by atoms with Crippen LogP contribution in [0.3, 0.4) is 0 Å². The highest BCUT2D eigenvalue weighted by Crippen LogP contribution is 2.21. The average Bonchev–Trinajstić information content (AvgIpc) is 2.69. The third kappa shape index (κ3) is 5.37. The normalized spacial score (nSPS) is 21.2. The van der Waals surface area contributed by atoms with E-state index in [0.29, 0.717) is 6.54 Å². The van der Waals surface area contributed by atoms with Crippen molar-refractivity contribution in [1.29, 1.82) is 0 Å². The third-order valence-electron chi connectivity index (χ3n) is 5.45. The monoisotopic (exact) mass is 372 g/mol. The Labute approximate surface area is 162 Å². The summed E-state index contributed by atoms with van der Waals surface area (Å²) in [6.07, 6.45) is 3.67. The molecule has 0 radical (unpaired) electrons. The van der Waals surface area contributed by atoms with Crippen LogP contribution in [0.15, 0.2) is 30.3 Å². The van der Waals surface area contributed by atoms with E-state index in [9.17, 15) is 9.59 Å². The van der Waals surface area contributed by atoms with Gasteiger partial charge in [-0.3, -0.25) is 4.79 Å². The van der Waals surface area contributed by atoms with Gasteiger partial charge in [0.2, 0.25) is 5.91 Å². The molecule has 2 N–H and O–H groups in total. The second-order valence-corrected chi connectivity index (χ2v) is 7.99. The smallest absolute Gasteiger partial charge is 0.317 e. The number of benzene rings is 1. The average molecular weight is 373 g/mol. The van der Waals surface area contributed by atoms with Crippen molar-refractivity contribution in [2.24, 2.45) is 5.92 Å². The number of hydrogen-bond acceptors (Lipinski definition) is 3. The Morgan fingerprint density at radius 3 is 2.41 bits per heavy atom. The summed E-state index contributed by atoms with van der Waals surface area (Å²) in [5, 5.41) is 6.16. The Morgan fingerprint density at radius 1 is 1.04 bits per heavy atom. The highest BCUT2D eigenvalue weighted by atomic mass is 16.2. The van der Waals surface area contributed by atoms with Crippen molar-refractivity contribution >= 4 is 17.6 Å². The van der Waals surface area contributed by atoms with Gasteiger partial charge < -0.3 is 20.4 Å². The van der Waals surface area contributed by atoms with Gasteiger partial charge in [-0.05, 0) is 51.7 Å². The highest BCUT2D eigenvalue weighted by molar-refractivity contribution is 5.81. The first-order chi connectivity index (χ1) is 13.0. The van der Waals surface area contributed by atoms with Crippen LogP contribution < -0.4 is 15.5 Å². The number of nitrogens with zero attached hydrogens (tertiary/aromatic N) is 2. The summed E-state index contributed by atoms with van der Waals surface area (Å²) >= 11 is 0. The zero-order valence-electron chi connectivity index (χ0n) is 16.5. The van der Waals surface area contributed by atoms with Gasteiger partial charge in [0, 0.05) is 44.0 Å². The number of carbonyl (C=O) groups excluding carboxylic acids is 2. The second-order valence-electron chi connectivity index (χ2n) is 7.99. The summed E-state index contributed by atoms with van der Waals surface area (Å²) < 4.78 is 0. The van der Waals surface area contributed by atoms with E-state index in [0.717, 1.165) is 45.3 Å². The molecule has 6 nitrogen and oxygen atoms in total. The van der Waals surface area contributed by atoms with E-state index in [4.69, 9.17) is 0 Å². The van der Waals surface area contributed by atoms with Crippen LogP contribution in [0.2, 0.25) is 0 Å². The van der Waals surface area contributed by atoms with Crippen LogP contribution in [-0.4, -0.2) is 55.1 Å². The first-order valence-corrected chi connectivity index (χ1v) is 10.2. The van der Waals surface area contributed by atoms with Crippen molar-refractivity contribution in [3.8, 4) is 0 Å². The van der Waals surface area contributed by atoms with Gasteiger partial charge in [0.15, 0.2) is 0 Å². The number of rotatable bonds is 4. The topological polar surface area (TPSA) is 64.7 Å². The summed E-state index contributed by atoms with van der Waals surface area (Å²) in [5.41, 5.74) is 1.25. The van der Waals surface area contributed by atoms with Gasteiger partial charge in [0.05, 0.1) is 5.92 Å². The summed E-state index contributed by atoms with van der Waals surface area (Å²) in [6.45, 7) is 7.08. The maximum atomic E-state index is 12.7. The molecule has 2 aliphatic heterocycles. The number of carbonyl (C=O) groups is 2. The highest BCUT2D eigenvalue weighted by Gasteiger charge is 2.30. The second kappa shape index (κ2) is 9.11. The maximum absolute atomic E-state index is 12.7. The van der Waals surface area contributed by atoms with Crippen molar-refractivity contribution < 1.29 is 9.59 Å². The van der Waals surface area contributed by atoms with E-state index in [2.05, 4.69) is 39.8 Å². The van der Waals surface area contributed by atoms with E-state index < -0.39 is 0 Å². The number of urea groups is 1.